The van der Waals surface area contributed by atoms with Gasteiger partial charge in [0.05, 0.1) is 3.79 Å². The topological polar surface area (TPSA) is 64.7 Å². The summed E-state index contributed by atoms with van der Waals surface area (Å²) in [6.07, 6.45) is 7.65. The highest BCUT2D eigenvalue weighted by Gasteiger charge is 2.32. The molecule has 3 nitrogen and oxygen atoms in total. The molecule has 0 bridgehead atoms. The molecule has 2 aromatic rings. The second-order valence-electron chi connectivity index (χ2n) is 7.47. The van der Waals surface area contributed by atoms with Crippen LogP contribution in [0.2, 0.25) is 0 Å². The molecule has 1 aliphatic rings. The van der Waals surface area contributed by atoms with E-state index in [0.29, 0.717) is 28.2 Å². The van der Waals surface area contributed by atoms with Gasteiger partial charge >= 0.3 is 0 Å². The number of fused-ring (bicyclic) bond motifs is 1. The molecule has 0 aliphatic heterocycles. The lowest BCUT2D eigenvalue weighted by atomic mass is 9.93. The molecule has 5 heteroatoms. The van der Waals surface area contributed by atoms with Crippen molar-refractivity contribution in [2.45, 2.75) is 46.0 Å². The first-order chi connectivity index (χ1) is 14.5. The van der Waals surface area contributed by atoms with E-state index in [1.165, 1.54) is 24.8 Å². The molecule has 1 atom stereocenters. The zero-order valence-electron chi connectivity index (χ0n) is 17.2. The Kier molecular flexibility index (Phi) is 7.43. The number of carbonyl (C=O) groups is 1. The number of halogens is 1. The van der Waals surface area contributed by atoms with E-state index < -0.39 is 0 Å². The molecule has 0 saturated heterocycles. The number of hydrogen-bond donors (Lipinski definition) is 0. The Bertz CT molecular complexity index is 1090. The Morgan fingerprint density at radius 1 is 1.20 bits per heavy atom. The lowest BCUT2D eigenvalue weighted by Crippen LogP contribution is -2.02. The molecule has 1 aliphatic carbocycles. The largest absolute Gasteiger partial charge is 0.289 e. The SMILES string of the molecule is CCCCC(CC)Cc1cc(/C=C2\C(=O)c3ccccc3C2=C(C#N)C#N)sc1Br. The highest BCUT2D eigenvalue weighted by atomic mass is 79.9. The molecular formula is C25H23BrN2OS. The number of nitrogens with zero attached hydrogens (tertiary/aromatic N) is 2. The summed E-state index contributed by atoms with van der Waals surface area (Å²) >= 11 is 5.28. The number of thiophene rings is 1. The van der Waals surface area contributed by atoms with E-state index in [-0.39, 0.29) is 11.4 Å². The van der Waals surface area contributed by atoms with Gasteiger partial charge in [-0.1, -0.05) is 63.8 Å². The minimum absolute atomic E-state index is 0.0268. The maximum Gasteiger partial charge on any atom is 0.194 e. The number of benzene rings is 1. The second-order valence-corrected chi connectivity index (χ2v) is 9.88. The first kappa shape index (κ1) is 22.2. The fourth-order valence-electron chi connectivity index (χ4n) is 3.88. The van der Waals surface area contributed by atoms with Crippen LogP contribution >= 0.6 is 27.3 Å². The van der Waals surface area contributed by atoms with E-state index in [1.807, 2.05) is 24.3 Å². The maximum atomic E-state index is 13.1. The van der Waals surface area contributed by atoms with Crippen LogP contribution in [0.1, 0.15) is 65.9 Å². The first-order valence-corrected chi connectivity index (χ1v) is 11.8. The third kappa shape index (κ3) is 4.48. The summed E-state index contributed by atoms with van der Waals surface area (Å²) < 4.78 is 1.08. The summed E-state index contributed by atoms with van der Waals surface area (Å²) in [7, 11) is 0. The minimum Gasteiger partial charge on any atom is -0.289 e. The molecule has 1 aromatic heterocycles. The van der Waals surface area contributed by atoms with Crippen molar-refractivity contribution in [1.82, 2.24) is 0 Å². The second kappa shape index (κ2) is 10.0. The molecule has 0 N–H and O–H groups in total. The van der Waals surface area contributed by atoms with Gasteiger partial charge < -0.3 is 0 Å². The molecule has 0 radical (unpaired) electrons. The van der Waals surface area contributed by atoms with E-state index >= 15 is 0 Å². The van der Waals surface area contributed by atoms with E-state index in [9.17, 15) is 15.3 Å². The Morgan fingerprint density at radius 3 is 2.53 bits per heavy atom. The van der Waals surface area contributed by atoms with E-state index in [2.05, 4.69) is 35.8 Å². The number of hydrogen-bond acceptors (Lipinski definition) is 4. The third-order valence-corrected chi connectivity index (χ3v) is 7.45. The number of nitriles is 2. The van der Waals surface area contributed by atoms with Gasteiger partial charge in [0.1, 0.15) is 17.7 Å². The van der Waals surface area contributed by atoms with Gasteiger partial charge in [-0.2, -0.15) is 10.5 Å². The van der Waals surface area contributed by atoms with Crippen LogP contribution in [-0.4, -0.2) is 5.78 Å². The predicted octanol–water partition coefficient (Wildman–Crippen LogP) is 7.35. The highest BCUT2D eigenvalue weighted by molar-refractivity contribution is 9.11. The third-order valence-electron chi connectivity index (χ3n) is 5.54. The Labute approximate surface area is 190 Å². The van der Waals surface area contributed by atoms with Gasteiger partial charge in [-0.25, -0.2) is 0 Å². The number of Topliss-reactive ketones (excluding diaryl/α,β-unsaturated/α-hetero) is 1. The molecule has 1 unspecified atom stereocenters. The molecule has 0 fully saturated rings. The normalized spacial score (nSPS) is 15.0. The summed E-state index contributed by atoms with van der Waals surface area (Å²) in [5.74, 6) is 0.511. The number of unbranched alkanes of at least 4 members (excludes halogenated alkanes) is 1. The average molecular weight is 479 g/mol. The van der Waals surface area contributed by atoms with Crippen LogP contribution in [0.4, 0.5) is 0 Å². The van der Waals surface area contributed by atoms with Crippen LogP contribution in [0.15, 0.2) is 45.3 Å². The Hall–Kier alpha value is -2.47. The van der Waals surface area contributed by atoms with Crippen LogP contribution in [0, 0.1) is 28.6 Å². The fourth-order valence-corrected chi connectivity index (χ4v) is 5.58. The van der Waals surface area contributed by atoms with E-state index in [4.69, 9.17) is 0 Å². The van der Waals surface area contributed by atoms with Gasteiger partial charge in [0.25, 0.3) is 0 Å². The van der Waals surface area contributed by atoms with Crippen molar-refractivity contribution in [3.05, 3.63) is 66.8 Å². The summed E-state index contributed by atoms with van der Waals surface area (Å²) in [5, 5.41) is 18.9. The quantitative estimate of drug-likeness (QED) is 0.308. The number of ketones is 1. The van der Waals surface area contributed by atoms with Gasteiger partial charge in [0, 0.05) is 21.6 Å². The van der Waals surface area contributed by atoms with Crippen LogP contribution in [0.3, 0.4) is 0 Å². The van der Waals surface area contributed by atoms with Crippen molar-refractivity contribution >= 4 is 44.7 Å². The lowest BCUT2D eigenvalue weighted by Gasteiger charge is -2.13. The molecule has 3 rings (SSSR count). The molecule has 152 valence electrons. The fraction of sp³-hybridized carbons (Fsp3) is 0.320. The minimum atomic E-state index is -0.135. The van der Waals surface area contributed by atoms with Crippen molar-refractivity contribution in [2.24, 2.45) is 5.92 Å². The first-order valence-electron chi connectivity index (χ1n) is 10.2. The zero-order chi connectivity index (χ0) is 21.7. The van der Waals surface area contributed by atoms with Crippen LogP contribution in [0.25, 0.3) is 11.6 Å². The van der Waals surface area contributed by atoms with Crippen LogP contribution in [-0.2, 0) is 6.42 Å². The van der Waals surface area contributed by atoms with E-state index in [1.54, 1.807) is 29.5 Å². The number of rotatable bonds is 7. The molecule has 0 spiro atoms. The molecular weight excluding hydrogens is 456 g/mol. The predicted molar refractivity (Wildman–Crippen MR) is 126 cm³/mol. The van der Waals surface area contributed by atoms with Crippen molar-refractivity contribution in [2.75, 3.05) is 0 Å². The van der Waals surface area contributed by atoms with Crippen molar-refractivity contribution in [1.29, 1.82) is 10.5 Å². The lowest BCUT2D eigenvalue weighted by molar-refractivity contribution is 0.104. The number of allylic oxidation sites excluding steroid dienone is 3. The summed E-state index contributed by atoms with van der Waals surface area (Å²) in [4.78, 5) is 14.0. The van der Waals surface area contributed by atoms with Crippen molar-refractivity contribution in [3.8, 4) is 12.1 Å². The molecule has 0 saturated carbocycles. The summed E-state index contributed by atoms with van der Waals surface area (Å²) in [6.45, 7) is 4.45. The summed E-state index contributed by atoms with van der Waals surface area (Å²) in [5.41, 5.74) is 3.30. The standard InChI is InChI=1S/C25H23BrN2OS/c1-3-5-8-16(4-2)11-17-12-19(30-25(17)26)13-22-23(18(14-27)15-28)20-9-6-7-10-21(20)24(22)29/h6-7,9-10,12-13,16H,3-5,8,11H2,1-2H3/b22-13-. The van der Waals surface area contributed by atoms with Crippen LogP contribution < -0.4 is 0 Å². The van der Waals surface area contributed by atoms with E-state index in [0.717, 1.165) is 21.5 Å². The Balaban J connectivity index is 2.01. The highest BCUT2D eigenvalue weighted by Crippen LogP contribution is 2.41. The maximum absolute atomic E-state index is 13.1. The van der Waals surface area contributed by atoms with Gasteiger partial charge in [-0.15, -0.1) is 11.3 Å². The Morgan fingerprint density at radius 2 is 1.90 bits per heavy atom. The summed E-state index contributed by atoms with van der Waals surface area (Å²) in [6, 6.07) is 13.2. The van der Waals surface area contributed by atoms with Gasteiger partial charge in [-0.3, -0.25) is 4.79 Å². The average Bonchev–Trinajstić information content (AvgIpc) is 3.24. The van der Waals surface area contributed by atoms with Gasteiger partial charge in [-0.05, 0) is 51.5 Å². The molecule has 0 amide bonds. The zero-order valence-corrected chi connectivity index (χ0v) is 19.6. The van der Waals surface area contributed by atoms with Gasteiger partial charge in [0.15, 0.2) is 5.78 Å². The van der Waals surface area contributed by atoms with Crippen molar-refractivity contribution < 1.29 is 4.79 Å². The monoisotopic (exact) mass is 478 g/mol. The van der Waals surface area contributed by atoms with Crippen molar-refractivity contribution in [3.63, 3.8) is 0 Å². The molecule has 30 heavy (non-hydrogen) atoms. The molecule has 1 aromatic carbocycles. The smallest absolute Gasteiger partial charge is 0.194 e. The number of carbonyl (C=O) groups excluding carboxylic acids is 1. The van der Waals surface area contributed by atoms with Gasteiger partial charge in [0.2, 0.25) is 0 Å². The van der Waals surface area contributed by atoms with Crippen LogP contribution in [0.5, 0.6) is 0 Å². The molecule has 1 heterocycles.